The SMILES string of the molecule is CC#CC#CC#CC#CC#CC#CC#CC#CC#CC#CC(=O)NC(C(=O)O)C(=O)O. The van der Waals surface area contributed by atoms with E-state index in [4.69, 9.17) is 10.2 Å². The fourth-order valence-corrected chi connectivity index (χ4v) is 1.05. The molecule has 0 unspecified atom stereocenters. The van der Waals surface area contributed by atoms with E-state index in [9.17, 15) is 14.4 Å². The predicted octanol–water partition coefficient (Wildman–Crippen LogP) is -1.31. The Labute approximate surface area is 179 Å². The molecule has 142 valence electrons. The summed E-state index contributed by atoms with van der Waals surface area (Å²) in [5, 5.41) is 18.9. The highest BCUT2D eigenvalue weighted by Crippen LogP contribution is 1.84. The van der Waals surface area contributed by atoms with Crippen LogP contribution in [0, 0.1) is 118 Å². The number of carbonyl (C=O) groups excluding carboxylic acids is 1. The van der Waals surface area contributed by atoms with Gasteiger partial charge in [-0.2, -0.15) is 0 Å². The molecule has 3 N–H and O–H groups in total. The summed E-state index contributed by atoms with van der Waals surface area (Å²) in [6.07, 6.45) is 0. The van der Waals surface area contributed by atoms with E-state index < -0.39 is 23.9 Å². The van der Waals surface area contributed by atoms with Gasteiger partial charge in [0.25, 0.3) is 5.91 Å². The van der Waals surface area contributed by atoms with Crippen LogP contribution in [0.1, 0.15) is 6.92 Å². The maximum Gasteiger partial charge on any atom is 0.338 e. The molecule has 1 amide bonds. The van der Waals surface area contributed by atoms with Crippen molar-refractivity contribution in [2.24, 2.45) is 0 Å². The molecule has 0 saturated carbocycles. The van der Waals surface area contributed by atoms with Crippen LogP contribution in [0.4, 0.5) is 0 Å². The van der Waals surface area contributed by atoms with Gasteiger partial charge in [-0.05, 0) is 102 Å². The standard InChI is InChI=1S/C25H7NO5/c1-2-3-4-5-6-7-8-9-10-11-12-13-14-15-16-17-18-19-20-21-22(27)26-23(24(28)29)25(30)31/h23H,1H3,(H,26,27)(H,28,29)(H,30,31). The summed E-state index contributed by atoms with van der Waals surface area (Å²) in [6, 6.07) is -2.10. The van der Waals surface area contributed by atoms with Gasteiger partial charge in [0.05, 0.1) is 0 Å². The molecule has 0 aliphatic heterocycles. The largest absolute Gasteiger partial charge is 0.479 e. The molecule has 0 aliphatic rings. The predicted molar refractivity (Wildman–Crippen MR) is 111 cm³/mol. The molecule has 0 rings (SSSR count). The Morgan fingerprint density at radius 2 is 0.839 bits per heavy atom. The molecule has 6 nitrogen and oxygen atoms in total. The second-order valence-electron chi connectivity index (χ2n) is 4.21. The number of rotatable bonds is 3. The van der Waals surface area contributed by atoms with Crippen molar-refractivity contribution in [2.75, 3.05) is 0 Å². The summed E-state index contributed by atoms with van der Waals surface area (Å²) in [6.45, 7) is 1.67. The molecule has 0 radical (unpaired) electrons. The highest BCUT2D eigenvalue weighted by atomic mass is 16.4. The van der Waals surface area contributed by atoms with Crippen LogP contribution >= 0.6 is 0 Å². The van der Waals surface area contributed by atoms with Gasteiger partial charge >= 0.3 is 11.9 Å². The Bertz CT molecular complexity index is 1380. The first-order valence-corrected chi connectivity index (χ1v) is 7.68. The minimum Gasteiger partial charge on any atom is -0.479 e. The summed E-state index contributed by atoms with van der Waals surface area (Å²) >= 11 is 0. The van der Waals surface area contributed by atoms with Gasteiger partial charge in [-0.15, -0.1) is 0 Å². The molecule has 0 aliphatic carbocycles. The van der Waals surface area contributed by atoms with Gasteiger partial charge in [-0.1, -0.05) is 5.92 Å². The van der Waals surface area contributed by atoms with Crippen LogP contribution in [0.2, 0.25) is 0 Å². The van der Waals surface area contributed by atoms with Crippen LogP contribution in [0.25, 0.3) is 0 Å². The first-order chi connectivity index (χ1) is 15.0. The van der Waals surface area contributed by atoms with Crippen molar-refractivity contribution in [3.63, 3.8) is 0 Å². The number of carboxylic acids is 2. The quantitative estimate of drug-likeness (QED) is 0.403. The molecular formula is C25H7NO5. The van der Waals surface area contributed by atoms with Crippen LogP contribution in [0.3, 0.4) is 0 Å². The van der Waals surface area contributed by atoms with Crippen molar-refractivity contribution < 1.29 is 24.6 Å². The summed E-state index contributed by atoms with van der Waals surface area (Å²) < 4.78 is 0. The second-order valence-corrected chi connectivity index (χ2v) is 4.21. The van der Waals surface area contributed by atoms with Gasteiger partial charge in [0.2, 0.25) is 6.04 Å². The van der Waals surface area contributed by atoms with E-state index in [0.29, 0.717) is 0 Å². The van der Waals surface area contributed by atoms with Gasteiger partial charge in [-0.3, -0.25) is 4.79 Å². The van der Waals surface area contributed by atoms with Crippen LogP contribution < -0.4 is 5.32 Å². The Morgan fingerprint density at radius 3 is 1.13 bits per heavy atom. The summed E-state index contributed by atoms with van der Waals surface area (Å²) in [5.41, 5.74) is 0. The van der Waals surface area contributed by atoms with E-state index in [1.807, 2.05) is 5.92 Å². The molecule has 6 heteroatoms. The van der Waals surface area contributed by atoms with Gasteiger partial charge in [-0.25, -0.2) is 9.59 Å². The number of carbonyl (C=O) groups is 3. The maximum atomic E-state index is 11.3. The Morgan fingerprint density at radius 1 is 0.548 bits per heavy atom. The van der Waals surface area contributed by atoms with E-state index in [-0.39, 0.29) is 0 Å². The van der Waals surface area contributed by atoms with Gasteiger partial charge in [0, 0.05) is 17.8 Å². The molecule has 31 heavy (non-hydrogen) atoms. The third-order valence-corrected chi connectivity index (χ3v) is 2.13. The molecule has 0 atom stereocenters. The molecule has 0 aromatic heterocycles. The average Bonchev–Trinajstić information content (AvgIpc) is 2.73. The van der Waals surface area contributed by atoms with Crippen molar-refractivity contribution in [2.45, 2.75) is 13.0 Å². The number of carboxylic acid groups (broad SMARTS) is 2. The molecule has 0 saturated heterocycles. The molecule has 0 spiro atoms. The van der Waals surface area contributed by atoms with Crippen molar-refractivity contribution in [1.29, 1.82) is 0 Å². The van der Waals surface area contributed by atoms with Crippen molar-refractivity contribution in [1.82, 2.24) is 5.32 Å². The van der Waals surface area contributed by atoms with Crippen LogP contribution in [-0.4, -0.2) is 34.1 Å². The van der Waals surface area contributed by atoms with Crippen LogP contribution in [0.15, 0.2) is 0 Å². The van der Waals surface area contributed by atoms with Crippen LogP contribution in [-0.2, 0) is 14.4 Å². The van der Waals surface area contributed by atoms with Gasteiger partial charge < -0.3 is 15.5 Å². The summed E-state index contributed by atoms with van der Waals surface area (Å²) in [4.78, 5) is 32.4. The van der Waals surface area contributed by atoms with Gasteiger partial charge in [0.15, 0.2) is 0 Å². The lowest BCUT2D eigenvalue weighted by atomic mass is 10.3. The molecular weight excluding hydrogens is 394 g/mol. The Balaban J connectivity index is 4.58. The van der Waals surface area contributed by atoms with Crippen molar-refractivity contribution in [3.05, 3.63) is 0 Å². The zero-order valence-electron chi connectivity index (χ0n) is 15.7. The summed E-state index contributed by atoms with van der Waals surface area (Å²) in [5.74, 6) is 43.0. The lowest BCUT2D eigenvalue weighted by molar-refractivity contribution is -0.152. The smallest absolute Gasteiger partial charge is 0.338 e. The number of hydrogen-bond acceptors (Lipinski definition) is 3. The molecule has 0 aromatic carbocycles. The highest BCUT2D eigenvalue weighted by molar-refractivity contribution is 6.04. The molecule has 0 fully saturated rings. The monoisotopic (exact) mass is 401 g/mol. The lowest BCUT2D eigenvalue weighted by Gasteiger charge is -2.05. The number of amides is 1. The first kappa shape index (κ1) is 25.0. The molecule has 0 aromatic rings. The fourth-order valence-electron chi connectivity index (χ4n) is 1.05. The Hall–Kier alpha value is -5.99. The first-order valence-electron chi connectivity index (χ1n) is 7.68. The topological polar surface area (TPSA) is 104 Å². The minimum absolute atomic E-state index is 1.11. The average molecular weight is 401 g/mol. The number of aliphatic carboxylic acids is 2. The van der Waals surface area contributed by atoms with E-state index in [0.717, 1.165) is 0 Å². The second kappa shape index (κ2) is 17.4. The maximum absolute atomic E-state index is 11.3. The lowest BCUT2D eigenvalue weighted by Crippen LogP contribution is -2.45. The molecule has 0 bridgehead atoms. The molecule has 0 heterocycles. The van der Waals surface area contributed by atoms with Crippen LogP contribution in [0.5, 0.6) is 0 Å². The van der Waals surface area contributed by atoms with E-state index >= 15 is 0 Å². The highest BCUT2D eigenvalue weighted by Gasteiger charge is 2.26. The van der Waals surface area contributed by atoms with E-state index in [1.165, 1.54) is 0 Å². The minimum atomic E-state index is -2.10. The van der Waals surface area contributed by atoms with E-state index in [2.05, 4.69) is 112 Å². The van der Waals surface area contributed by atoms with E-state index in [1.54, 1.807) is 12.2 Å². The van der Waals surface area contributed by atoms with Gasteiger partial charge in [0.1, 0.15) is 0 Å². The van der Waals surface area contributed by atoms with Crippen molar-refractivity contribution in [3.8, 4) is 118 Å². The normalized spacial score (nSPS) is 5.87. The number of hydrogen-bond donors (Lipinski definition) is 3. The third-order valence-electron chi connectivity index (χ3n) is 2.13. The number of nitrogens with one attached hydrogen (secondary N) is 1. The Kier molecular flexibility index (Phi) is 14.1. The zero-order valence-corrected chi connectivity index (χ0v) is 15.7. The van der Waals surface area contributed by atoms with Crippen molar-refractivity contribution >= 4 is 17.8 Å². The summed E-state index contributed by atoms with van der Waals surface area (Å²) in [7, 11) is 0. The third kappa shape index (κ3) is 15.9. The zero-order chi connectivity index (χ0) is 23.2. The fraction of sp³-hybridized carbons (Fsp3) is 0.0800.